The number of anilines is 1. The number of nitrogens with two attached hydrogens (primary N) is 2. The summed E-state index contributed by atoms with van der Waals surface area (Å²) in [5.41, 5.74) is 34.0. The Morgan fingerprint density at radius 1 is 0.508 bits per heavy atom. The lowest BCUT2D eigenvalue weighted by atomic mass is 9.65. The molecule has 8 aromatic carbocycles. The van der Waals surface area contributed by atoms with E-state index >= 15 is 0 Å². The first-order chi connectivity index (χ1) is 32.0. The summed E-state index contributed by atoms with van der Waals surface area (Å²) in [6, 6.07) is 67.1. The Morgan fingerprint density at radius 2 is 1.03 bits per heavy atom. The van der Waals surface area contributed by atoms with Gasteiger partial charge in [0.2, 0.25) is 0 Å². The first-order valence-electron chi connectivity index (χ1n) is 22.8. The Balaban J connectivity index is 0.953. The molecule has 2 unspecified atom stereocenters. The zero-order valence-corrected chi connectivity index (χ0v) is 36.0. The summed E-state index contributed by atoms with van der Waals surface area (Å²) in [6.45, 7) is 0. The highest BCUT2D eigenvalue weighted by Gasteiger charge is 2.47. The fourth-order valence-electron chi connectivity index (χ4n) is 11.4. The molecule has 0 amide bonds. The molecule has 0 saturated carbocycles. The predicted molar refractivity (Wildman–Crippen MR) is 272 cm³/mol. The van der Waals surface area contributed by atoms with E-state index in [2.05, 4.69) is 209 Å². The average Bonchev–Trinajstić information content (AvgIpc) is 3.99. The lowest BCUT2D eigenvalue weighted by molar-refractivity contribution is 0.730. The average molecular weight is 835 g/mol. The van der Waals surface area contributed by atoms with E-state index in [0.29, 0.717) is 0 Å². The van der Waals surface area contributed by atoms with Gasteiger partial charge < -0.3 is 20.6 Å². The first-order valence-corrected chi connectivity index (χ1v) is 22.8. The van der Waals surface area contributed by atoms with Crippen LogP contribution in [0.3, 0.4) is 0 Å². The van der Waals surface area contributed by atoms with Gasteiger partial charge in [0.25, 0.3) is 0 Å². The van der Waals surface area contributed by atoms with Crippen LogP contribution in [-0.4, -0.2) is 15.2 Å². The molecule has 0 radical (unpaired) electrons. The maximum absolute atomic E-state index is 6.56. The second-order valence-electron chi connectivity index (χ2n) is 17.9. The molecular formula is C61H46N4. The van der Waals surface area contributed by atoms with Crippen molar-refractivity contribution in [2.24, 2.45) is 5.73 Å². The minimum atomic E-state index is -0.612. The van der Waals surface area contributed by atoms with E-state index in [1.54, 1.807) is 0 Å². The van der Waals surface area contributed by atoms with E-state index in [9.17, 15) is 0 Å². The zero-order valence-electron chi connectivity index (χ0n) is 36.0. The Kier molecular flexibility index (Phi) is 8.43. The third kappa shape index (κ3) is 5.67. The Morgan fingerprint density at radius 3 is 1.60 bits per heavy atom. The molecule has 4 heteroatoms. The van der Waals surface area contributed by atoms with Gasteiger partial charge in [-0.25, -0.2) is 0 Å². The molecule has 0 spiro atoms. The maximum Gasteiger partial charge on any atom is 0.0710 e. The number of allylic oxidation sites excluding steroid dienone is 3. The molecule has 0 fully saturated rings. The monoisotopic (exact) mass is 834 g/mol. The number of aromatic nitrogens is 2. The SMILES string of the molecule is Nc1ccc(C2(C3=CCC(N)C=C3)c3cc(-c4ccc(-n5c6c(c7ccccc75)CCC=C6)cc4)ccc3-c3ccc(-c4ccc(-n5c6ccccc6c6ccccc65)cc4)cc32)cc1. The molecule has 2 heterocycles. The highest BCUT2D eigenvalue weighted by molar-refractivity contribution is 6.09. The number of benzene rings is 8. The van der Waals surface area contributed by atoms with E-state index in [-0.39, 0.29) is 6.04 Å². The topological polar surface area (TPSA) is 61.9 Å². The quantitative estimate of drug-likeness (QED) is 0.164. The second kappa shape index (κ2) is 14.6. The Hall–Kier alpha value is -7.92. The van der Waals surface area contributed by atoms with Crippen molar-refractivity contribution in [2.45, 2.75) is 30.7 Å². The lowest BCUT2D eigenvalue weighted by Crippen LogP contribution is -2.31. The molecule has 4 N–H and O–H groups in total. The molecule has 0 saturated heterocycles. The number of hydrogen-bond acceptors (Lipinski definition) is 2. The largest absolute Gasteiger partial charge is 0.399 e. The van der Waals surface area contributed by atoms with Crippen LogP contribution in [0.4, 0.5) is 5.69 Å². The summed E-state index contributed by atoms with van der Waals surface area (Å²) in [5.74, 6) is 0. The predicted octanol–water partition coefficient (Wildman–Crippen LogP) is 14.1. The van der Waals surface area contributed by atoms with E-state index in [1.807, 2.05) is 12.1 Å². The third-order valence-electron chi connectivity index (χ3n) is 14.4. The van der Waals surface area contributed by atoms with E-state index in [4.69, 9.17) is 11.5 Å². The summed E-state index contributed by atoms with van der Waals surface area (Å²) in [5, 5.41) is 3.87. The van der Waals surface area contributed by atoms with Gasteiger partial charge >= 0.3 is 0 Å². The van der Waals surface area contributed by atoms with Crippen LogP contribution in [0, 0.1) is 0 Å². The first kappa shape index (κ1) is 37.6. The standard InChI is InChI=1S/C61H46N4/c62-45-27-23-43(24-28-45)61(44-25-29-46(63)30-26-44)55-37-41(39-17-31-47(32-18-39)64-57-13-5-1-9-51(57)52-10-2-6-14-58(52)64)21-35-49(55)50-36-22-42(38-56(50)61)40-19-33-48(34-20-40)65-59-15-7-3-11-53(59)54-12-4-8-16-60(54)65/h1-3,5-11,13-29,31-38,46H,4,12,30,62-63H2. The van der Waals surface area contributed by atoms with Crippen molar-refractivity contribution in [1.29, 1.82) is 0 Å². The fourth-order valence-corrected chi connectivity index (χ4v) is 11.4. The molecule has 3 aliphatic carbocycles. The van der Waals surface area contributed by atoms with Crippen molar-refractivity contribution in [1.82, 2.24) is 9.13 Å². The molecule has 4 nitrogen and oxygen atoms in total. The lowest BCUT2D eigenvalue weighted by Gasteiger charge is -2.36. The van der Waals surface area contributed by atoms with Gasteiger partial charge in [-0.05, 0) is 153 Å². The molecular weight excluding hydrogens is 789 g/mol. The molecule has 2 aromatic heterocycles. The zero-order chi connectivity index (χ0) is 43.2. The van der Waals surface area contributed by atoms with Crippen molar-refractivity contribution in [3.05, 3.63) is 240 Å². The van der Waals surface area contributed by atoms with Gasteiger partial charge in [-0.1, -0.05) is 140 Å². The summed E-state index contributed by atoms with van der Waals surface area (Å²) >= 11 is 0. The smallest absolute Gasteiger partial charge is 0.0710 e. The van der Waals surface area contributed by atoms with Crippen LogP contribution in [0.25, 0.3) is 83.5 Å². The molecule has 65 heavy (non-hydrogen) atoms. The maximum atomic E-state index is 6.56. The number of aryl methyl sites for hydroxylation is 1. The van der Waals surface area contributed by atoms with Crippen molar-refractivity contribution in [3.8, 4) is 44.8 Å². The molecule has 13 rings (SSSR count). The number of fused-ring (bicyclic) bond motifs is 9. The van der Waals surface area contributed by atoms with Gasteiger partial charge in [-0.2, -0.15) is 0 Å². The minimum Gasteiger partial charge on any atom is -0.399 e. The van der Waals surface area contributed by atoms with Crippen molar-refractivity contribution in [2.75, 3.05) is 5.73 Å². The third-order valence-corrected chi connectivity index (χ3v) is 14.4. The molecule has 0 bridgehead atoms. The van der Waals surface area contributed by atoms with E-state index < -0.39 is 5.41 Å². The van der Waals surface area contributed by atoms with Gasteiger partial charge in [0.15, 0.2) is 0 Å². The number of nitrogen functional groups attached to an aromatic ring is 1. The van der Waals surface area contributed by atoms with Gasteiger partial charge in [0.05, 0.1) is 22.0 Å². The summed E-state index contributed by atoms with van der Waals surface area (Å²) < 4.78 is 4.81. The number of rotatable bonds is 6. The normalized spacial score (nSPS) is 17.4. The summed E-state index contributed by atoms with van der Waals surface area (Å²) in [4.78, 5) is 0. The van der Waals surface area contributed by atoms with E-state index in [1.165, 1.54) is 105 Å². The van der Waals surface area contributed by atoms with Crippen LogP contribution in [0.2, 0.25) is 0 Å². The van der Waals surface area contributed by atoms with Crippen molar-refractivity contribution < 1.29 is 0 Å². The van der Waals surface area contributed by atoms with Gasteiger partial charge in [0, 0.05) is 45.0 Å². The van der Waals surface area contributed by atoms with Gasteiger partial charge in [-0.3, -0.25) is 0 Å². The minimum absolute atomic E-state index is 0.0229. The van der Waals surface area contributed by atoms with Crippen molar-refractivity contribution in [3.63, 3.8) is 0 Å². The van der Waals surface area contributed by atoms with Crippen LogP contribution in [-0.2, 0) is 11.8 Å². The molecule has 10 aromatic rings. The fraction of sp³-hybridized carbons (Fsp3) is 0.0820. The van der Waals surface area contributed by atoms with Crippen LogP contribution >= 0.6 is 0 Å². The summed E-state index contributed by atoms with van der Waals surface area (Å²) in [6.07, 6.45) is 14.3. The van der Waals surface area contributed by atoms with Crippen molar-refractivity contribution >= 4 is 44.5 Å². The van der Waals surface area contributed by atoms with Crippen LogP contribution in [0.15, 0.2) is 212 Å². The van der Waals surface area contributed by atoms with E-state index in [0.717, 1.165) is 30.6 Å². The molecule has 0 aliphatic heterocycles. The van der Waals surface area contributed by atoms with Crippen LogP contribution < -0.4 is 11.5 Å². The van der Waals surface area contributed by atoms with Crippen LogP contribution in [0.5, 0.6) is 0 Å². The molecule has 3 aliphatic rings. The number of nitrogens with zero attached hydrogens (tertiary/aromatic N) is 2. The number of para-hydroxylation sites is 3. The second-order valence-corrected chi connectivity index (χ2v) is 17.9. The molecule has 2 atom stereocenters. The Bertz CT molecular complexity index is 3580. The van der Waals surface area contributed by atoms with Crippen LogP contribution in [0.1, 0.15) is 40.8 Å². The molecule has 310 valence electrons. The Labute approximate surface area is 378 Å². The van der Waals surface area contributed by atoms with Gasteiger partial charge in [0.1, 0.15) is 0 Å². The number of hydrogen-bond donors (Lipinski definition) is 2. The van der Waals surface area contributed by atoms with Gasteiger partial charge in [-0.15, -0.1) is 0 Å². The summed E-state index contributed by atoms with van der Waals surface area (Å²) in [7, 11) is 0. The highest BCUT2D eigenvalue weighted by Crippen LogP contribution is 2.58. The highest BCUT2D eigenvalue weighted by atomic mass is 15.0.